The molecule has 32 heavy (non-hydrogen) atoms. The molecule has 0 aliphatic carbocycles. The summed E-state index contributed by atoms with van der Waals surface area (Å²) in [6, 6.07) is 0. The maximum atomic E-state index is 15.3. The van der Waals surface area contributed by atoms with Gasteiger partial charge in [-0.25, -0.2) is 8.78 Å². The fraction of sp³-hybridized carbons (Fsp3) is 0.815. The van der Waals surface area contributed by atoms with Crippen LogP contribution in [0.1, 0.15) is 94.4 Å². The van der Waals surface area contributed by atoms with E-state index in [1.165, 1.54) is 12.2 Å². The second-order valence-corrected chi connectivity index (χ2v) is 10.9. The van der Waals surface area contributed by atoms with Crippen LogP contribution in [0.3, 0.4) is 0 Å². The molecule has 0 fully saturated rings. The number of halogens is 2. The summed E-state index contributed by atoms with van der Waals surface area (Å²) in [5.41, 5.74) is -1.93. The van der Waals surface area contributed by atoms with Crippen molar-refractivity contribution in [3.8, 4) is 0 Å². The van der Waals surface area contributed by atoms with Crippen molar-refractivity contribution < 1.29 is 13.6 Å². The van der Waals surface area contributed by atoms with Gasteiger partial charge < -0.3 is 10.2 Å². The van der Waals surface area contributed by atoms with Gasteiger partial charge in [0.25, 0.3) is 0 Å². The number of allylic oxidation sites excluding steroid dienone is 4. The molecule has 0 aromatic heterocycles. The highest BCUT2D eigenvalue weighted by Crippen LogP contribution is 2.35. The van der Waals surface area contributed by atoms with Crippen molar-refractivity contribution in [3.05, 3.63) is 24.1 Å². The molecule has 1 amide bonds. The largest absolute Gasteiger partial charge is 0.352 e. The number of amides is 1. The first-order valence-corrected chi connectivity index (χ1v) is 12.4. The third-order valence-electron chi connectivity index (χ3n) is 6.59. The van der Waals surface area contributed by atoms with Gasteiger partial charge in [-0.2, -0.15) is 0 Å². The van der Waals surface area contributed by atoms with Crippen molar-refractivity contribution in [1.29, 1.82) is 0 Å². The Labute approximate surface area is 197 Å². The third-order valence-corrected chi connectivity index (χ3v) is 6.59. The average Bonchev–Trinajstić information content (AvgIpc) is 2.72. The van der Waals surface area contributed by atoms with Crippen molar-refractivity contribution >= 4 is 5.91 Å². The average molecular weight is 457 g/mol. The minimum Gasteiger partial charge on any atom is -0.352 e. The van der Waals surface area contributed by atoms with Gasteiger partial charge in [-0.1, -0.05) is 73.5 Å². The molecule has 0 aliphatic heterocycles. The second kappa shape index (κ2) is 14.1. The zero-order valence-corrected chi connectivity index (χ0v) is 22.3. The van der Waals surface area contributed by atoms with Crippen molar-refractivity contribution in [2.24, 2.45) is 16.7 Å². The van der Waals surface area contributed by atoms with E-state index in [1.54, 1.807) is 19.9 Å². The molecule has 3 atom stereocenters. The number of carbonyl (C=O) groups is 1. The van der Waals surface area contributed by atoms with Crippen molar-refractivity contribution in [2.45, 2.75) is 100 Å². The predicted octanol–water partition coefficient (Wildman–Crippen LogP) is 7.24. The summed E-state index contributed by atoms with van der Waals surface area (Å²) in [7, 11) is 0. The molecule has 0 heterocycles. The molecule has 0 saturated carbocycles. The minimum absolute atomic E-state index is 0.00989. The van der Waals surface area contributed by atoms with Crippen LogP contribution in [-0.2, 0) is 4.79 Å². The van der Waals surface area contributed by atoms with Gasteiger partial charge in [-0.3, -0.25) is 4.79 Å². The first-order valence-electron chi connectivity index (χ1n) is 12.4. The van der Waals surface area contributed by atoms with E-state index in [0.717, 1.165) is 32.4 Å². The van der Waals surface area contributed by atoms with Crippen LogP contribution in [0.15, 0.2) is 24.1 Å². The lowest BCUT2D eigenvalue weighted by molar-refractivity contribution is -0.133. The normalized spacial score (nSPS) is 17.9. The van der Waals surface area contributed by atoms with E-state index in [0.29, 0.717) is 19.4 Å². The van der Waals surface area contributed by atoms with Crippen molar-refractivity contribution in [2.75, 3.05) is 26.2 Å². The summed E-state index contributed by atoms with van der Waals surface area (Å²) >= 11 is 0. The summed E-state index contributed by atoms with van der Waals surface area (Å²) in [5.74, 6) is -0.648. The highest BCUT2D eigenvalue weighted by molar-refractivity contribution is 5.82. The highest BCUT2D eigenvalue weighted by Gasteiger charge is 2.38. The first kappa shape index (κ1) is 30.8. The number of nitrogens with zero attached hydrogens (tertiary/aromatic N) is 1. The van der Waals surface area contributed by atoms with E-state index in [1.807, 2.05) is 13.8 Å². The van der Waals surface area contributed by atoms with E-state index >= 15 is 4.39 Å². The maximum Gasteiger partial charge on any atom is 0.226 e. The molecule has 1 N–H and O–H groups in total. The molecule has 0 saturated heterocycles. The Bertz CT molecular complexity index is 607. The number of unbranched alkanes of at least 4 members (excludes halogenated alkanes) is 1. The summed E-state index contributed by atoms with van der Waals surface area (Å²) in [4.78, 5) is 15.4. The number of hydrogen-bond donors (Lipinski definition) is 1. The number of hydrogen-bond acceptors (Lipinski definition) is 2. The molecule has 3 unspecified atom stereocenters. The van der Waals surface area contributed by atoms with Crippen molar-refractivity contribution in [1.82, 2.24) is 10.2 Å². The Morgan fingerprint density at radius 1 is 1.06 bits per heavy atom. The van der Waals surface area contributed by atoms with Gasteiger partial charge in [0, 0.05) is 6.54 Å². The van der Waals surface area contributed by atoms with Gasteiger partial charge in [-0.15, -0.1) is 0 Å². The molecule has 0 radical (unpaired) electrons. The molecule has 0 aromatic carbocycles. The SMILES string of the molecule is C/C=C(F)\C=C/C(C)C(C)(CCCC)C(=O)NCC(C)(F)CCN(CC)CCC(C)(C)C. The predicted molar refractivity (Wildman–Crippen MR) is 134 cm³/mol. The molecule has 0 rings (SSSR count). The molecular formula is C27H50F2N2O. The topological polar surface area (TPSA) is 32.3 Å². The monoisotopic (exact) mass is 456 g/mol. The fourth-order valence-electron chi connectivity index (χ4n) is 3.50. The molecule has 5 heteroatoms. The summed E-state index contributed by atoms with van der Waals surface area (Å²) in [5, 5.41) is 2.88. The van der Waals surface area contributed by atoms with E-state index in [4.69, 9.17) is 0 Å². The highest BCUT2D eigenvalue weighted by atomic mass is 19.1. The maximum absolute atomic E-state index is 15.3. The van der Waals surface area contributed by atoms with Crippen LogP contribution >= 0.6 is 0 Å². The van der Waals surface area contributed by atoms with Crippen LogP contribution in [0.4, 0.5) is 8.78 Å². The zero-order valence-electron chi connectivity index (χ0n) is 22.3. The van der Waals surface area contributed by atoms with Crippen LogP contribution in [0.2, 0.25) is 0 Å². The number of carbonyl (C=O) groups excluding carboxylic acids is 1. The van der Waals surface area contributed by atoms with E-state index < -0.39 is 11.1 Å². The Kier molecular flexibility index (Phi) is 13.6. The fourth-order valence-corrected chi connectivity index (χ4v) is 3.50. The van der Waals surface area contributed by atoms with E-state index in [2.05, 4.69) is 44.8 Å². The first-order chi connectivity index (χ1) is 14.7. The summed E-state index contributed by atoms with van der Waals surface area (Å²) in [6.07, 6.45) is 8.52. The Morgan fingerprint density at radius 2 is 1.66 bits per heavy atom. The molecule has 0 spiro atoms. The number of nitrogens with one attached hydrogen (secondary N) is 1. The smallest absolute Gasteiger partial charge is 0.226 e. The van der Waals surface area contributed by atoms with E-state index in [9.17, 15) is 9.18 Å². The molecular weight excluding hydrogens is 406 g/mol. The quantitative estimate of drug-likeness (QED) is 0.263. The van der Waals surface area contributed by atoms with Gasteiger partial charge in [0.15, 0.2) is 0 Å². The standard InChI is InChI=1S/C27H50F2N2O/c1-10-13-16-27(9,22(4)14-15-23(28)11-2)24(32)30-21-26(8,29)18-20-31(12-3)19-17-25(5,6)7/h11,14-15,22H,10,12-13,16-21H2,1-9H3,(H,30,32)/b15-14-,23-11+. The van der Waals surface area contributed by atoms with Gasteiger partial charge >= 0.3 is 0 Å². The van der Waals surface area contributed by atoms with Crippen LogP contribution < -0.4 is 5.32 Å². The molecule has 0 aliphatic rings. The second-order valence-electron chi connectivity index (χ2n) is 10.9. The Morgan fingerprint density at radius 3 is 2.16 bits per heavy atom. The third kappa shape index (κ3) is 12.1. The van der Waals surface area contributed by atoms with Crippen LogP contribution in [0.25, 0.3) is 0 Å². The van der Waals surface area contributed by atoms with Crippen molar-refractivity contribution in [3.63, 3.8) is 0 Å². The lowest BCUT2D eigenvalue weighted by atomic mass is 9.73. The lowest BCUT2D eigenvalue weighted by Crippen LogP contribution is -2.47. The molecule has 3 nitrogen and oxygen atoms in total. The van der Waals surface area contributed by atoms with Gasteiger partial charge in [0.05, 0.1) is 12.0 Å². The van der Waals surface area contributed by atoms with Crippen LogP contribution in [0, 0.1) is 16.7 Å². The minimum atomic E-state index is -1.48. The lowest BCUT2D eigenvalue weighted by Gasteiger charge is -2.34. The number of alkyl halides is 1. The summed E-state index contributed by atoms with van der Waals surface area (Å²) < 4.78 is 28.8. The van der Waals surface area contributed by atoms with Gasteiger partial charge in [-0.05, 0) is 63.6 Å². The summed E-state index contributed by atoms with van der Waals surface area (Å²) in [6.45, 7) is 20.4. The molecule has 0 aromatic rings. The number of rotatable bonds is 15. The van der Waals surface area contributed by atoms with Crippen LogP contribution in [0.5, 0.6) is 0 Å². The Hall–Kier alpha value is -1.23. The Balaban J connectivity index is 5.04. The molecule has 188 valence electrons. The zero-order chi connectivity index (χ0) is 25.0. The van der Waals surface area contributed by atoms with Crippen LogP contribution in [-0.4, -0.2) is 42.7 Å². The molecule has 0 bridgehead atoms. The van der Waals surface area contributed by atoms with Gasteiger partial charge in [0.1, 0.15) is 11.5 Å². The van der Waals surface area contributed by atoms with Gasteiger partial charge in [0.2, 0.25) is 5.91 Å². The van der Waals surface area contributed by atoms with E-state index in [-0.39, 0.29) is 29.6 Å².